The van der Waals surface area contributed by atoms with Crippen LogP contribution in [0.5, 0.6) is 0 Å². The van der Waals surface area contributed by atoms with Gasteiger partial charge in [0.2, 0.25) is 5.91 Å². The molecule has 0 aromatic rings. The van der Waals surface area contributed by atoms with Gasteiger partial charge in [0.25, 0.3) is 0 Å². The maximum atomic E-state index is 12.5. The van der Waals surface area contributed by atoms with E-state index < -0.39 is 0 Å². The summed E-state index contributed by atoms with van der Waals surface area (Å²) >= 11 is 0. The van der Waals surface area contributed by atoms with Crippen LogP contribution < -0.4 is 0 Å². The van der Waals surface area contributed by atoms with E-state index in [0.29, 0.717) is 23.8 Å². The summed E-state index contributed by atoms with van der Waals surface area (Å²) in [7, 11) is 0. The van der Waals surface area contributed by atoms with Crippen molar-refractivity contribution in [1.82, 2.24) is 4.90 Å². The van der Waals surface area contributed by atoms with Gasteiger partial charge in [0.05, 0.1) is 0 Å². The molecule has 3 unspecified atom stereocenters. The largest absolute Gasteiger partial charge is 0.381 e. The van der Waals surface area contributed by atoms with E-state index in [2.05, 4.69) is 25.7 Å². The molecule has 2 rings (SSSR count). The summed E-state index contributed by atoms with van der Waals surface area (Å²) < 4.78 is 5.37. The number of nitrogens with zero attached hydrogens (tertiary/aromatic N) is 1. The van der Waals surface area contributed by atoms with E-state index in [1.54, 1.807) is 0 Å². The van der Waals surface area contributed by atoms with Gasteiger partial charge in [-0.2, -0.15) is 0 Å². The van der Waals surface area contributed by atoms with E-state index in [4.69, 9.17) is 4.74 Å². The van der Waals surface area contributed by atoms with E-state index in [1.165, 1.54) is 0 Å². The highest BCUT2D eigenvalue weighted by Crippen LogP contribution is 2.29. The van der Waals surface area contributed by atoms with Gasteiger partial charge < -0.3 is 9.64 Å². The number of hydrogen-bond donors (Lipinski definition) is 0. The zero-order valence-electron chi connectivity index (χ0n) is 11.3. The molecule has 17 heavy (non-hydrogen) atoms. The van der Waals surface area contributed by atoms with Crippen LogP contribution in [0.4, 0.5) is 0 Å². The van der Waals surface area contributed by atoms with Gasteiger partial charge >= 0.3 is 0 Å². The molecule has 0 aliphatic carbocycles. The maximum absolute atomic E-state index is 12.5. The Morgan fingerprint density at radius 3 is 2.47 bits per heavy atom. The second-order valence-electron chi connectivity index (χ2n) is 5.92. The lowest BCUT2D eigenvalue weighted by atomic mass is 9.86. The lowest BCUT2D eigenvalue weighted by Crippen LogP contribution is -2.41. The number of carbonyl (C=O) groups excluding carboxylic acids is 1. The minimum absolute atomic E-state index is 0.173. The van der Waals surface area contributed by atoms with Crippen molar-refractivity contribution in [2.24, 2.45) is 17.8 Å². The maximum Gasteiger partial charge on any atom is 0.225 e. The van der Waals surface area contributed by atoms with Crippen molar-refractivity contribution in [3.63, 3.8) is 0 Å². The third-order valence-electron chi connectivity index (χ3n) is 4.43. The molecule has 0 saturated carbocycles. The van der Waals surface area contributed by atoms with Gasteiger partial charge in [-0.05, 0) is 38.0 Å². The van der Waals surface area contributed by atoms with E-state index in [1.807, 2.05) is 0 Å². The van der Waals surface area contributed by atoms with Crippen LogP contribution in [0.1, 0.15) is 40.0 Å². The molecule has 2 fully saturated rings. The second kappa shape index (κ2) is 5.38. The number of amides is 1. The topological polar surface area (TPSA) is 29.5 Å². The van der Waals surface area contributed by atoms with Crippen LogP contribution in [0, 0.1) is 17.8 Å². The third-order valence-corrected chi connectivity index (χ3v) is 4.43. The molecule has 0 bridgehead atoms. The molecule has 2 heterocycles. The minimum Gasteiger partial charge on any atom is -0.381 e. The molecule has 3 atom stereocenters. The average Bonchev–Trinajstić information content (AvgIpc) is 2.68. The van der Waals surface area contributed by atoms with Gasteiger partial charge in [0.15, 0.2) is 0 Å². The standard InChI is InChI=1S/C14H25NO2/c1-10-8-11(2)15(9-10)14(16)12(3)13-4-6-17-7-5-13/h10-13H,4-9H2,1-3H3. The highest BCUT2D eigenvalue weighted by Gasteiger charge is 2.35. The SMILES string of the molecule is CC1CC(C)N(C(=O)C(C)C2CCOCC2)C1. The van der Waals surface area contributed by atoms with Crippen LogP contribution in [-0.4, -0.2) is 36.6 Å². The lowest BCUT2D eigenvalue weighted by molar-refractivity contribution is -0.138. The molecule has 3 nitrogen and oxygen atoms in total. The summed E-state index contributed by atoms with van der Waals surface area (Å²) in [6.45, 7) is 9.13. The minimum atomic E-state index is 0.173. The molecule has 0 N–H and O–H groups in total. The van der Waals surface area contributed by atoms with Gasteiger partial charge in [0.1, 0.15) is 0 Å². The summed E-state index contributed by atoms with van der Waals surface area (Å²) in [5.41, 5.74) is 0. The van der Waals surface area contributed by atoms with Crippen molar-refractivity contribution in [3.8, 4) is 0 Å². The Morgan fingerprint density at radius 1 is 1.29 bits per heavy atom. The molecule has 0 aromatic heterocycles. The first kappa shape index (κ1) is 12.9. The first-order valence-corrected chi connectivity index (χ1v) is 6.97. The fourth-order valence-electron chi connectivity index (χ4n) is 3.29. The fraction of sp³-hybridized carbons (Fsp3) is 0.929. The molecule has 2 aliphatic rings. The number of ether oxygens (including phenoxy) is 1. The molecule has 98 valence electrons. The van der Waals surface area contributed by atoms with Gasteiger partial charge in [-0.1, -0.05) is 13.8 Å². The molecule has 0 spiro atoms. The van der Waals surface area contributed by atoms with Crippen LogP contribution in [-0.2, 0) is 9.53 Å². The van der Waals surface area contributed by atoms with Crippen molar-refractivity contribution in [2.45, 2.75) is 46.1 Å². The van der Waals surface area contributed by atoms with Crippen molar-refractivity contribution < 1.29 is 9.53 Å². The van der Waals surface area contributed by atoms with Crippen LogP contribution in [0.3, 0.4) is 0 Å². The summed E-state index contributed by atoms with van der Waals surface area (Å²) in [6.07, 6.45) is 3.25. The summed E-state index contributed by atoms with van der Waals surface area (Å²) in [4.78, 5) is 14.6. The number of hydrogen-bond acceptors (Lipinski definition) is 2. The Labute approximate surface area is 105 Å². The Bertz CT molecular complexity index is 273. The fourth-order valence-corrected chi connectivity index (χ4v) is 3.29. The van der Waals surface area contributed by atoms with Crippen LogP contribution in [0.2, 0.25) is 0 Å². The average molecular weight is 239 g/mol. The second-order valence-corrected chi connectivity index (χ2v) is 5.92. The van der Waals surface area contributed by atoms with Gasteiger partial charge in [-0.3, -0.25) is 4.79 Å². The summed E-state index contributed by atoms with van der Waals surface area (Å²) in [5, 5.41) is 0. The van der Waals surface area contributed by atoms with Crippen molar-refractivity contribution in [2.75, 3.05) is 19.8 Å². The van der Waals surface area contributed by atoms with E-state index in [0.717, 1.165) is 39.0 Å². The number of rotatable bonds is 2. The number of carbonyl (C=O) groups is 1. The molecule has 1 amide bonds. The van der Waals surface area contributed by atoms with Crippen molar-refractivity contribution in [1.29, 1.82) is 0 Å². The number of likely N-dealkylation sites (tertiary alicyclic amines) is 1. The molecular weight excluding hydrogens is 214 g/mol. The predicted molar refractivity (Wildman–Crippen MR) is 67.7 cm³/mol. The monoisotopic (exact) mass is 239 g/mol. The first-order chi connectivity index (χ1) is 8.09. The molecule has 0 aromatic carbocycles. The third kappa shape index (κ3) is 2.82. The highest BCUT2D eigenvalue weighted by molar-refractivity contribution is 5.79. The summed E-state index contributed by atoms with van der Waals surface area (Å²) in [5.74, 6) is 1.73. The predicted octanol–water partition coefficient (Wildman–Crippen LogP) is 2.31. The molecule has 3 heteroatoms. The summed E-state index contributed by atoms with van der Waals surface area (Å²) in [6, 6.07) is 0.430. The van der Waals surface area contributed by atoms with Gasteiger partial charge in [-0.15, -0.1) is 0 Å². The van der Waals surface area contributed by atoms with Crippen molar-refractivity contribution >= 4 is 5.91 Å². The van der Waals surface area contributed by atoms with E-state index >= 15 is 0 Å². The quantitative estimate of drug-likeness (QED) is 0.740. The van der Waals surface area contributed by atoms with Gasteiger partial charge in [0, 0.05) is 31.7 Å². The smallest absolute Gasteiger partial charge is 0.225 e. The van der Waals surface area contributed by atoms with Crippen LogP contribution in [0.25, 0.3) is 0 Å². The Balaban J connectivity index is 1.94. The van der Waals surface area contributed by atoms with Crippen molar-refractivity contribution in [3.05, 3.63) is 0 Å². The Morgan fingerprint density at radius 2 is 1.94 bits per heavy atom. The molecular formula is C14H25NO2. The molecule has 2 aliphatic heterocycles. The normalized spacial score (nSPS) is 32.8. The zero-order chi connectivity index (χ0) is 12.4. The Hall–Kier alpha value is -0.570. The Kier molecular flexibility index (Phi) is 4.08. The van der Waals surface area contributed by atoms with E-state index in [9.17, 15) is 4.79 Å². The molecule has 0 radical (unpaired) electrons. The van der Waals surface area contributed by atoms with E-state index in [-0.39, 0.29) is 5.92 Å². The molecule has 2 saturated heterocycles. The van der Waals surface area contributed by atoms with Crippen LogP contribution >= 0.6 is 0 Å². The lowest BCUT2D eigenvalue weighted by Gasteiger charge is -2.31. The van der Waals surface area contributed by atoms with Gasteiger partial charge in [-0.25, -0.2) is 0 Å². The first-order valence-electron chi connectivity index (χ1n) is 6.97. The zero-order valence-corrected chi connectivity index (χ0v) is 11.3. The highest BCUT2D eigenvalue weighted by atomic mass is 16.5. The van der Waals surface area contributed by atoms with Crippen LogP contribution in [0.15, 0.2) is 0 Å².